The van der Waals surface area contributed by atoms with Gasteiger partial charge in [0, 0.05) is 24.5 Å². The van der Waals surface area contributed by atoms with E-state index in [2.05, 4.69) is 16.0 Å². The van der Waals surface area contributed by atoms with Gasteiger partial charge >= 0.3 is 6.03 Å². The van der Waals surface area contributed by atoms with E-state index in [0.717, 1.165) is 11.1 Å². The second-order valence-electron chi connectivity index (χ2n) is 9.50. The molecule has 0 spiro atoms. The van der Waals surface area contributed by atoms with Gasteiger partial charge in [0.15, 0.2) is 0 Å². The molecular weight excluding hydrogens is 502 g/mol. The van der Waals surface area contributed by atoms with E-state index in [9.17, 15) is 9.59 Å². The van der Waals surface area contributed by atoms with E-state index < -0.39 is 12.1 Å². The number of ether oxygens (including phenoxy) is 2. The van der Waals surface area contributed by atoms with Crippen molar-refractivity contribution in [3.8, 4) is 5.75 Å². The fourth-order valence-corrected chi connectivity index (χ4v) is 4.10. The molecule has 40 heavy (non-hydrogen) atoms. The average molecular weight is 538 g/mol. The summed E-state index contributed by atoms with van der Waals surface area (Å²) in [6, 6.07) is 33.5. The van der Waals surface area contributed by atoms with Crippen LogP contribution in [0.25, 0.3) is 0 Å². The minimum atomic E-state index is -0.436. The first-order valence-corrected chi connectivity index (χ1v) is 13.4. The predicted molar refractivity (Wildman–Crippen MR) is 159 cm³/mol. The van der Waals surface area contributed by atoms with Gasteiger partial charge in [-0.05, 0) is 61.7 Å². The lowest BCUT2D eigenvalue weighted by Crippen LogP contribution is -2.27. The van der Waals surface area contributed by atoms with Crippen LogP contribution in [-0.4, -0.2) is 31.2 Å². The zero-order valence-electron chi connectivity index (χ0n) is 22.8. The normalized spacial score (nSPS) is 10.8. The highest BCUT2D eigenvalue weighted by Gasteiger charge is 2.21. The van der Waals surface area contributed by atoms with Crippen LogP contribution in [0.5, 0.6) is 5.75 Å². The largest absolute Gasteiger partial charge is 0.480 e. The second-order valence-corrected chi connectivity index (χ2v) is 9.50. The topological polar surface area (TPSA) is 88.7 Å². The van der Waals surface area contributed by atoms with Crippen molar-refractivity contribution in [3.05, 3.63) is 126 Å². The molecule has 4 aromatic carbocycles. The lowest BCUT2D eigenvalue weighted by molar-refractivity contribution is 0.0756. The Labute approximate surface area is 235 Å². The molecular formula is C33H35N3O4. The van der Waals surface area contributed by atoms with Crippen molar-refractivity contribution in [3.63, 3.8) is 0 Å². The number of hydrogen-bond donors (Lipinski definition) is 3. The number of amides is 3. The molecule has 3 amide bonds. The molecule has 0 unspecified atom stereocenters. The van der Waals surface area contributed by atoms with Gasteiger partial charge in [0.2, 0.25) is 0 Å². The van der Waals surface area contributed by atoms with Gasteiger partial charge in [-0.2, -0.15) is 0 Å². The van der Waals surface area contributed by atoms with Crippen LogP contribution in [0.4, 0.5) is 16.2 Å². The van der Waals surface area contributed by atoms with Crippen LogP contribution < -0.4 is 20.7 Å². The van der Waals surface area contributed by atoms with Crippen LogP contribution in [0.3, 0.4) is 0 Å². The number of carbonyl (C=O) groups excluding carboxylic acids is 2. The number of para-hydroxylation sites is 1. The van der Waals surface area contributed by atoms with Crippen molar-refractivity contribution >= 4 is 23.3 Å². The molecule has 4 aromatic rings. The van der Waals surface area contributed by atoms with Gasteiger partial charge in [0.05, 0.1) is 11.7 Å². The van der Waals surface area contributed by atoms with Crippen molar-refractivity contribution in [1.82, 2.24) is 5.32 Å². The highest BCUT2D eigenvalue weighted by Crippen LogP contribution is 2.32. The average Bonchev–Trinajstić information content (AvgIpc) is 2.97. The molecule has 0 fully saturated rings. The summed E-state index contributed by atoms with van der Waals surface area (Å²) in [5, 5.41) is 8.56. The van der Waals surface area contributed by atoms with E-state index in [-0.39, 0.29) is 12.0 Å². The fourth-order valence-electron chi connectivity index (χ4n) is 4.10. The second kappa shape index (κ2) is 14.5. The molecule has 0 bridgehead atoms. The number of anilines is 2. The van der Waals surface area contributed by atoms with Crippen LogP contribution in [0.2, 0.25) is 0 Å². The van der Waals surface area contributed by atoms with Crippen LogP contribution in [0, 0.1) is 0 Å². The van der Waals surface area contributed by atoms with Crippen LogP contribution in [-0.2, 0) is 4.74 Å². The van der Waals surface area contributed by atoms with Crippen molar-refractivity contribution < 1.29 is 19.1 Å². The van der Waals surface area contributed by atoms with E-state index in [1.165, 1.54) is 0 Å². The maximum atomic E-state index is 13.4. The Balaban J connectivity index is 1.58. The van der Waals surface area contributed by atoms with Gasteiger partial charge in [-0.15, -0.1) is 0 Å². The van der Waals surface area contributed by atoms with E-state index in [4.69, 9.17) is 9.47 Å². The van der Waals surface area contributed by atoms with Gasteiger partial charge in [0.25, 0.3) is 5.91 Å². The zero-order valence-corrected chi connectivity index (χ0v) is 22.8. The summed E-state index contributed by atoms with van der Waals surface area (Å²) >= 11 is 0. The molecule has 0 aromatic heterocycles. The molecule has 4 rings (SSSR count). The van der Waals surface area contributed by atoms with E-state index in [0.29, 0.717) is 42.3 Å². The highest BCUT2D eigenvalue weighted by atomic mass is 16.5. The Kier molecular flexibility index (Phi) is 10.3. The van der Waals surface area contributed by atoms with Gasteiger partial charge < -0.3 is 25.4 Å². The van der Waals surface area contributed by atoms with Crippen molar-refractivity contribution in [2.45, 2.75) is 32.5 Å². The monoisotopic (exact) mass is 537 g/mol. The van der Waals surface area contributed by atoms with Crippen LogP contribution in [0.1, 0.15) is 47.9 Å². The molecule has 0 saturated carbocycles. The maximum absolute atomic E-state index is 13.4. The molecule has 7 nitrogen and oxygen atoms in total. The summed E-state index contributed by atoms with van der Waals surface area (Å²) in [4.78, 5) is 26.0. The number of carbonyl (C=O) groups is 2. The molecule has 0 aliphatic heterocycles. The number of rotatable bonds is 12. The Hall–Kier alpha value is -4.62. The quantitative estimate of drug-likeness (QED) is 0.169. The fraction of sp³-hybridized carbons (Fsp3) is 0.212. The summed E-state index contributed by atoms with van der Waals surface area (Å²) in [5.74, 6) is 0.106. The standard InChI is InChI=1S/C33H35N3O4/c1-24(2)39-22-12-21-34-32(37)29-23-28(36-33(38)35-27-17-10-5-11-18-27)19-20-30(29)40-31(25-13-6-3-7-14-25)26-15-8-4-9-16-26/h3-11,13-20,23-24,31H,12,21-22H2,1-2H3,(H,34,37)(H2,35,36,38). The lowest BCUT2D eigenvalue weighted by atomic mass is 10.0. The van der Waals surface area contributed by atoms with Gasteiger partial charge in [-0.1, -0.05) is 78.9 Å². The molecule has 0 aliphatic rings. The predicted octanol–water partition coefficient (Wildman–Crippen LogP) is 7.04. The number of nitrogens with one attached hydrogen (secondary N) is 3. The van der Waals surface area contributed by atoms with Crippen LogP contribution in [0.15, 0.2) is 109 Å². The smallest absolute Gasteiger partial charge is 0.323 e. The molecule has 0 saturated heterocycles. The highest BCUT2D eigenvalue weighted by molar-refractivity contribution is 6.02. The van der Waals surface area contributed by atoms with Crippen LogP contribution >= 0.6 is 0 Å². The molecule has 0 aliphatic carbocycles. The Morgan fingerprint density at radius 1 is 0.725 bits per heavy atom. The van der Waals surface area contributed by atoms with Crippen molar-refractivity contribution in [2.24, 2.45) is 0 Å². The van der Waals surface area contributed by atoms with E-state index in [1.54, 1.807) is 30.3 Å². The zero-order chi connectivity index (χ0) is 28.2. The van der Waals surface area contributed by atoms with Crippen molar-refractivity contribution in [2.75, 3.05) is 23.8 Å². The first kappa shape index (κ1) is 28.4. The summed E-state index contributed by atoms with van der Waals surface area (Å²) in [6.45, 7) is 4.94. The van der Waals surface area contributed by atoms with E-state index >= 15 is 0 Å². The molecule has 0 atom stereocenters. The molecule has 206 valence electrons. The van der Waals surface area contributed by atoms with Crippen molar-refractivity contribution in [1.29, 1.82) is 0 Å². The maximum Gasteiger partial charge on any atom is 0.323 e. The summed E-state index contributed by atoms with van der Waals surface area (Å²) in [7, 11) is 0. The summed E-state index contributed by atoms with van der Waals surface area (Å²) < 4.78 is 12.1. The minimum Gasteiger partial charge on any atom is -0.480 e. The van der Waals surface area contributed by atoms with E-state index in [1.807, 2.05) is 92.7 Å². The molecule has 0 radical (unpaired) electrons. The Bertz CT molecular complexity index is 1320. The third kappa shape index (κ3) is 8.44. The minimum absolute atomic E-state index is 0.133. The first-order valence-electron chi connectivity index (χ1n) is 13.4. The van der Waals surface area contributed by atoms with Gasteiger partial charge in [-0.25, -0.2) is 4.79 Å². The third-order valence-electron chi connectivity index (χ3n) is 6.02. The molecule has 3 N–H and O–H groups in total. The molecule has 0 heterocycles. The number of benzene rings is 4. The number of hydrogen-bond acceptors (Lipinski definition) is 4. The SMILES string of the molecule is CC(C)OCCCNC(=O)c1cc(NC(=O)Nc2ccccc2)ccc1OC(c1ccccc1)c1ccccc1. The number of urea groups is 1. The Morgan fingerprint density at radius 3 is 1.90 bits per heavy atom. The summed E-state index contributed by atoms with van der Waals surface area (Å²) in [6.07, 6.45) is 0.371. The third-order valence-corrected chi connectivity index (χ3v) is 6.02. The van der Waals surface area contributed by atoms with Gasteiger partial charge in [-0.3, -0.25) is 4.79 Å². The Morgan fingerprint density at radius 2 is 1.30 bits per heavy atom. The molecule has 7 heteroatoms. The lowest BCUT2D eigenvalue weighted by Gasteiger charge is -2.22. The first-order chi connectivity index (χ1) is 19.5. The summed E-state index contributed by atoms with van der Waals surface area (Å²) in [5.41, 5.74) is 3.35. The van der Waals surface area contributed by atoms with Gasteiger partial charge in [0.1, 0.15) is 11.9 Å².